The van der Waals surface area contributed by atoms with Crippen molar-refractivity contribution >= 4 is 22.4 Å². The molecule has 3 rings (SSSR count). The van der Waals surface area contributed by atoms with Crippen molar-refractivity contribution in [2.75, 3.05) is 17.0 Å². The highest BCUT2D eigenvalue weighted by Crippen LogP contribution is 2.49. The molecule has 2 aromatic rings. The molecule has 3 atom stereocenters. The Morgan fingerprint density at radius 2 is 1.88 bits per heavy atom. The van der Waals surface area contributed by atoms with Gasteiger partial charge in [0.15, 0.2) is 0 Å². The SMILES string of the molecule is CCc1ccc2c(c1)C(NC[C@H](O)[C@H](Cc1cc(F)cc(F)c1)NC(C)=O)CS(O)(O)N2. The van der Waals surface area contributed by atoms with Crippen molar-refractivity contribution in [3.8, 4) is 0 Å². The van der Waals surface area contributed by atoms with Gasteiger partial charge in [0.1, 0.15) is 11.6 Å². The molecule has 0 spiro atoms. The fourth-order valence-electron chi connectivity index (χ4n) is 3.85. The molecule has 0 bridgehead atoms. The van der Waals surface area contributed by atoms with Gasteiger partial charge in [-0.2, -0.15) is 0 Å². The zero-order valence-corrected chi connectivity index (χ0v) is 18.8. The molecule has 1 aliphatic heterocycles. The molecule has 2 aromatic carbocycles. The number of hydrogen-bond acceptors (Lipinski definition) is 6. The lowest BCUT2D eigenvalue weighted by molar-refractivity contribution is -0.120. The van der Waals surface area contributed by atoms with E-state index in [1.165, 1.54) is 6.92 Å². The summed E-state index contributed by atoms with van der Waals surface area (Å²) in [4.78, 5) is 11.6. The molecule has 0 fully saturated rings. The molecule has 0 radical (unpaired) electrons. The zero-order chi connectivity index (χ0) is 23.5. The maximum absolute atomic E-state index is 13.6. The predicted octanol–water partition coefficient (Wildman–Crippen LogP) is 3.36. The van der Waals surface area contributed by atoms with Gasteiger partial charge in [-0.1, -0.05) is 19.1 Å². The maximum Gasteiger partial charge on any atom is 0.217 e. The van der Waals surface area contributed by atoms with Crippen LogP contribution in [0.1, 0.15) is 36.6 Å². The Labute approximate surface area is 187 Å². The Morgan fingerprint density at radius 3 is 2.50 bits per heavy atom. The van der Waals surface area contributed by atoms with E-state index in [1.807, 2.05) is 19.1 Å². The molecule has 0 aromatic heterocycles. The van der Waals surface area contributed by atoms with Gasteiger partial charge in [0, 0.05) is 19.5 Å². The van der Waals surface area contributed by atoms with Crippen molar-refractivity contribution in [2.45, 2.75) is 44.9 Å². The van der Waals surface area contributed by atoms with E-state index in [0.717, 1.165) is 35.7 Å². The summed E-state index contributed by atoms with van der Waals surface area (Å²) >= 11 is 0. The number of halogens is 2. The highest BCUT2D eigenvalue weighted by Gasteiger charge is 2.31. The Morgan fingerprint density at radius 1 is 1.19 bits per heavy atom. The van der Waals surface area contributed by atoms with Crippen molar-refractivity contribution in [1.29, 1.82) is 0 Å². The van der Waals surface area contributed by atoms with Gasteiger partial charge in [-0.15, -0.1) is 10.8 Å². The van der Waals surface area contributed by atoms with E-state index < -0.39 is 40.6 Å². The molecule has 0 saturated heterocycles. The minimum Gasteiger partial charge on any atom is -0.390 e. The molecule has 10 heteroatoms. The van der Waals surface area contributed by atoms with E-state index in [-0.39, 0.29) is 24.6 Å². The Bertz CT molecular complexity index is 956. The van der Waals surface area contributed by atoms with Gasteiger partial charge in [0.05, 0.1) is 29.6 Å². The number of anilines is 1. The summed E-state index contributed by atoms with van der Waals surface area (Å²) in [5.41, 5.74) is 2.84. The number of benzene rings is 2. The lowest BCUT2D eigenvalue weighted by Gasteiger charge is -2.43. The third-order valence-electron chi connectivity index (χ3n) is 5.38. The van der Waals surface area contributed by atoms with Crippen LogP contribution in [0.4, 0.5) is 14.5 Å². The Kier molecular flexibility index (Phi) is 7.73. The van der Waals surface area contributed by atoms with E-state index in [0.29, 0.717) is 11.3 Å². The third kappa shape index (κ3) is 6.39. The van der Waals surface area contributed by atoms with Gasteiger partial charge in [-0.25, -0.2) is 8.78 Å². The van der Waals surface area contributed by atoms with Crippen LogP contribution in [-0.4, -0.2) is 44.6 Å². The summed E-state index contributed by atoms with van der Waals surface area (Å²) < 4.78 is 50.4. The first kappa shape index (κ1) is 24.4. The van der Waals surface area contributed by atoms with Crippen LogP contribution in [0.5, 0.6) is 0 Å². The number of aryl methyl sites for hydroxylation is 1. The second-order valence-corrected chi connectivity index (χ2v) is 9.90. The van der Waals surface area contributed by atoms with Crippen LogP contribution >= 0.6 is 10.8 Å². The first-order valence-corrected chi connectivity index (χ1v) is 12.1. The van der Waals surface area contributed by atoms with Crippen LogP contribution in [-0.2, 0) is 17.6 Å². The van der Waals surface area contributed by atoms with E-state index >= 15 is 0 Å². The first-order valence-electron chi connectivity index (χ1n) is 10.4. The molecule has 7 nitrogen and oxygen atoms in total. The highest BCUT2D eigenvalue weighted by molar-refractivity contribution is 8.25. The summed E-state index contributed by atoms with van der Waals surface area (Å²) in [6, 6.07) is 7.50. The van der Waals surface area contributed by atoms with E-state index in [1.54, 1.807) is 6.07 Å². The Balaban J connectivity index is 1.75. The average molecular weight is 470 g/mol. The largest absolute Gasteiger partial charge is 0.390 e. The molecule has 6 N–H and O–H groups in total. The molecule has 32 heavy (non-hydrogen) atoms. The number of hydrogen-bond donors (Lipinski definition) is 6. The van der Waals surface area contributed by atoms with Gasteiger partial charge < -0.3 is 15.7 Å². The van der Waals surface area contributed by atoms with Gasteiger partial charge in [0.25, 0.3) is 0 Å². The maximum atomic E-state index is 13.6. The minimum atomic E-state index is -3.06. The quantitative estimate of drug-likeness (QED) is 0.353. The number of amides is 1. The van der Waals surface area contributed by atoms with Crippen LogP contribution in [0, 0.1) is 11.6 Å². The second-order valence-electron chi connectivity index (χ2n) is 8.03. The molecular weight excluding hydrogens is 440 g/mol. The molecule has 1 aliphatic rings. The van der Waals surface area contributed by atoms with Crippen molar-refractivity contribution < 1.29 is 27.8 Å². The van der Waals surface area contributed by atoms with Crippen LogP contribution in [0.25, 0.3) is 0 Å². The number of nitrogens with one attached hydrogen (secondary N) is 3. The summed E-state index contributed by atoms with van der Waals surface area (Å²) in [5, 5.41) is 16.6. The number of fused-ring (bicyclic) bond motifs is 1. The van der Waals surface area contributed by atoms with Crippen LogP contribution < -0.4 is 15.4 Å². The van der Waals surface area contributed by atoms with Crippen molar-refractivity contribution in [3.05, 3.63) is 64.7 Å². The molecule has 1 heterocycles. The van der Waals surface area contributed by atoms with Crippen LogP contribution in [0.15, 0.2) is 36.4 Å². The second kappa shape index (κ2) is 10.1. The van der Waals surface area contributed by atoms with Gasteiger partial charge in [-0.05, 0) is 47.7 Å². The molecule has 1 unspecified atom stereocenters. The van der Waals surface area contributed by atoms with E-state index in [9.17, 15) is 27.8 Å². The lowest BCUT2D eigenvalue weighted by atomic mass is 9.99. The summed E-state index contributed by atoms with van der Waals surface area (Å²) in [6.45, 7) is 3.33. The molecule has 1 amide bonds. The smallest absolute Gasteiger partial charge is 0.217 e. The Hall–Kier alpha value is -2.24. The van der Waals surface area contributed by atoms with E-state index in [4.69, 9.17) is 0 Å². The molecule has 0 saturated carbocycles. The zero-order valence-electron chi connectivity index (χ0n) is 17.9. The number of carbonyl (C=O) groups is 1. The number of rotatable bonds is 8. The average Bonchev–Trinajstić information content (AvgIpc) is 2.69. The summed E-state index contributed by atoms with van der Waals surface area (Å²) in [7, 11) is -3.06. The number of aliphatic hydroxyl groups excluding tert-OH is 1. The highest BCUT2D eigenvalue weighted by atomic mass is 32.3. The third-order valence-corrected chi connectivity index (χ3v) is 6.72. The number of carbonyl (C=O) groups excluding carboxylic acids is 1. The molecular formula is C22H29F2N3O4S. The van der Waals surface area contributed by atoms with Crippen LogP contribution in [0.3, 0.4) is 0 Å². The topological polar surface area (TPSA) is 114 Å². The number of aliphatic hydroxyl groups is 1. The summed E-state index contributed by atoms with van der Waals surface area (Å²) in [6.07, 6.45) is -0.261. The molecule has 176 valence electrons. The first-order chi connectivity index (χ1) is 15.1. The van der Waals surface area contributed by atoms with Crippen molar-refractivity contribution in [2.24, 2.45) is 0 Å². The predicted molar refractivity (Wildman–Crippen MR) is 122 cm³/mol. The van der Waals surface area contributed by atoms with Crippen molar-refractivity contribution in [1.82, 2.24) is 10.6 Å². The van der Waals surface area contributed by atoms with Crippen molar-refractivity contribution in [3.63, 3.8) is 0 Å². The van der Waals surface area contributed by atoms with Gasteiger partial charge in [0.2, 0.25) is 5.91 Å². The van der Waals surface area contributed by atoms with E-state index in [2.05, 4.69) is 15.4 Å². The van der Waals surface area contributed by atoms with Crippen LogP contribution in [0.2, 0.25) is 0 Å². The fourth-order valence-corrected chi connectivity index (χ4v) is 5.24. The normalized spacial score (nSPS) is 19.9. The monoisotopic (exact) mass is 469 g/mol. The fraction of sp³-hybridized carbons (Fsp3) is 0.409. The minimum absolute atomic E-state index is 0.0126. The standard InChI is InChI=1S/C22H29F2N3O4S/c1-3-14-4-5-19-18(8-14)21(12-32(30,31)27-19)25-11-22(29)20(26-13(2)28)9-15-6-16(23)10-17(24)7-15/h4-8,10,20-22,25,27,29-31H,3,9,11-12H2,1-2H3,(H,26,28)/t20-,21?,22-/m0/s1. The lowest BCUT2D eigenvalue weighted by Crippen LogP contribution is -2.49. The summed E-state index contributed by atoms with van der Waals surface area (Å²) in [5.74, 6) is -1.85. The van der Waals surface area contributed by atoms with Gasteiger partial charge in [-0.3, -0.25) is 18.6 Å². The molecule has 0 aliphatic carbocycles. The van der Waals surface area contributed by atoms with Gasteiger partial charge >= 0.3 is 0 Å².